The van der Waals surface area contributed by atoms with Crippen molar-refractivity contribution in [1.29, 1.82) is 0 Å². The van der Waals surface area contributed by atoms with Crippen LogP contribution in [0.1, 0.15) is 39.1 Å². The van der Waals surface area contributed by atoms with E-state index in [9.17, 15) is 19.2 Å². The minimum atomic E-state index is -1.68. The number of furan rings is 1. The summed E-state index contributed by atoms with van der Waals surface area (Å²) >= 11 is 0. The van der Waals surface area contributed by atoms with Crippen LogP contribution >= 0.6 is 0 Å². The van der Waals surface area contributed by atoms with Gasteiger partial charge in [-0.15, -0.1) is 0 Å². The van der Waals surface area contributed by atoms with Crippen LogP contribution in [0.4, 0.5) is 4.79 Å². The van der Waals surface area contributed by atoms with Crippen molar-refractivity contribution in [2.45, 2.75) is 19.0 Å². The largest absolute Gasteiger partial charge is 0.497 e. The molecule has 11 nitrogen and oxygen atoms in total. The Morgan fingerprint density at radius 3 is 2.74 bits per heavy atom. The normalized spacial score (nSPS) is 19.2. The molecule has 1 atom stereocenters. The summed E-state index contributed by atoms with van der Waals surface area (Å²) in [7, 11) is 1.51. The Morgan fingerprint density at radius 1 is 1.21 bits per heavy atom. The number of fused-ring (bicyclic) bond motifs is 2. The van der Waals surface area contributed by atoms with Crippen molar-refractivity contribution in [3.8, 4) is 5.75 Å². The number of carbonyl (C=O) groups is 4. The molecule has 0 aliphatic carbocycles. The molecule has 1 fully saturated rings. The van der Waals surface area contributed by atoms with E-state index < -0.39 is 23.4 Å². The maximum Gasteiger partial charge on any atom is 0.356 e. The number of amides is 4. The van der Waals surface area contributed by atoms with Gasteiger partial charge in [-0.25, -0.2) is 14.6 Å². The van der Waals surface area contributed by atoms with E-state index >= 15 is 0 Å². The maximum absolute atomic E-state index is 13.1. The number of methoxy groups -OCH3 is 1. The fraction of sp³-hybridized carbons (Fsp3) is 0.261. The molecule has 5 rings (SSSR count). The summed E-state index contributed by atoms with van der Waals surface area (Å²) in [5.41, 5.74) is 0.242. The maximum atomic E-state index is 13.1. The van der Waals surface area contributed by atoms with Crippen LogP contribution in [-0.4, -0.2) is 54.0 Å². The molecule has 2 aliphatic heterocycles. The van der Waals surface area contributed by atoms with Crippen LogP contribution < -0.4 is 15.4 Å². The van der Waals surface area contributed by atoms with Crippen molar-refractivity contribution < 1.29 is 33.1 Å². The van der Waals surface area contributed by atoms with Crippen molar-refractivity contribution in [1.82, 2.24) is 20.5 Å². The average Bonchev–Trinajstić information content (AvgIpc) is 3.47. The molecule has 0 unspecified atom stereocenters. The van der Waals surface area contributed by atoms with Gasteiger partial charge in [-0.05, 0) is 36.8 Å². The third-order valence-electron chi connectivity index (χ3n) is 5.84. The van der Waals surface area contributed by atoms with Crippen molar-refractivity contribution in [3.63, 3.8) is 0 Å². The number of hydrogen-bond donors (Lipinski definition) is 2. The van der Waals surface area contributed by atoms with Crippen molar-refractivity contribution in [2.75, 3.05) is 20.3 Å². The van der Waals surface area contributed by atoms with Crippen molar-refractivity contribution in [3.05, 3.63) is 59.0 Å². The Hall–Kier alpha value is -4.41. The second-order valence-corrected chi connectivity index (χ2v) is 7.91. The molecule has 0 saturated carbocycles. The lowest BCUT2D eigenvalue weighted by Crippen LogP contribution is -2.52. The quantitative estimate of drug-likeness (QED) is 0.415. The summed E-state index contributed by atoms with van der Waals surface area (Å²) in [5, 5.41) is 4.84. The molecule has 0 bridgehead atoms. The SMILES string of the molecule is CCOC(=O)c1ccc2oc([C@]3(CN4Cc5ccc(OC)cc5C4=O)NC(=O)NC3=O)cc2n1. The van der Waals surface area contributed by atoms with E-state index in [1.807, 2.05) is 0 Å². The third-order valence-corrected chi connectivity index (χ3v) is 5.84. The topological polar surface area (TPSA) is 140 Å². The number of carbonyl (C=O) groups excluding carboxylic acids is 4. The van der Waals surface area contributed by atoms with Gasteiger partial charge in [0.1, 0.15) is 22.7 Å². The van der Waals surface area contributed by atoms with Crippen LogP contribution in [0.15, 0.2) is 40.8 Å². The van der Waals surface area contributed by atoms with E-state index in [0.717, 1.165) is 5.56 Å². The number of imide groups is 1. The standard InChI is InChI=1S/C23H20N4O7/c1-3-33-20(29)15-6-7-17-16(24-15)9-18(34-17)23(21(30)25-22(31)26-23)11-27-10-12-4-5-13(32-2)8-14(12)19(27)28/h4-9H,3,10-11H2,1-2H3,(H2,25,26,30,31)/t23-/m0/s1. The Kier molecular flexibility index (Phi) is 4.96. The highest BCUT2D eigenvalue weighted by Crippen LogP contribution is 2.34. The molecule has 3 aromatic rings. The lowest BCUT2D eigenvalue weighted by molar-refractivity contribution is -0.125. The minimum absolute atomic E-state index is 0.0785. The summed E-state index contributed by atoms with van der Waals surface area (Å²) in [4.78, 5) is 56.0. The van der Waals surface area contributed by atoms with Crippen LogP contribution in [-0.2, 0) is 21.6 Å². The molecule has 34 heavy (non-hydrogen) atoms. The molecule has 1 aromatic carbocycles. The van der Waals surface area contributed by atoms with E-state index in [1.165, 1.54) is 30.2 Å². The lowest BCUT2D eigenvalue weighted by atomic mass is 9.95. The smallest absolute Gasteiger partial charge is 0.356 e. The Bertz CT molecular complexity index is 1360. The number of hydrogen-bond acceptors (Lipinski definition) is 8. The highest BCUT2D eigenvalue weighted by atomic mass is 16.5. The highest BCUT2D eigenvalue weighted by molar-refractivity contribution is 6.08. The molecule has 11 heteroatoms. The van der Waals surface area contributed by atoms with Crippen molar-refractivity contribution >= 4 is 34.9 Å². The predicted molar refractivity (Wildman–Crippen MR) is 116 cm³/mol. The van der Waals surface area contributed by atoms with E-state index in [2.05, 4.69) is 15.6 Å². The molecule has 4 amide bonds. The molecule has 174 valence electrons. The first kappa shape index (κ1) is 21.4. The first-order valence-electron chi connectivity index (χ1n) is 10.5. The van der Waals surface area contributed by atoms with Crippen LogP contribution in [0.2, 0.25) is 0 Å². The predicted octanol–water partition coefficient (Wildman–Crippen LogP) is 1.70. The van der Waals surface area contributed by atoms with Crippen LogP contribution in [0, 0.1) is 0 Å². The number of esters is 1. The average molecular weight is 464 g/mol. The van der Waals surface area contributed by atoms with Gasteiger partial charge in [0.25, 0.3) is 11.8 Å². The number of nitrogens with one attached hydrogen (secondary N) is 2. The summed E-state index contributed by atoms with van der Waals surface area (Å²) < 4.78 is 16.1. The zero-order chi connectivity index (χ0) is 24.0. The second-order valence-electron chi connectivity index (χ2n) is 7.91. The van der Waals surface area contributed by atoms with E-state index in [4.69, 9.17) is 13.9 Å². The summed E-state index contributed by atoms with van der Waals surface area (Å²) in [6.45, 7) is 1.95. The fourth-order valence-corrected chi connectivity index (χ4v) is 4.19. The second kappa shape index (κ2) is 7.87. The number of ether oxygens (including phenoxy) is 2. The first-order chi connectivity index (χ1) is 16.3. The number of aromatic nitrogens is 1. The molecule has 0 spiro atoms. The zero-order valence-corrected chi connectivity index (χ0v) is 18.3. The van der Waals surface area contributed by atoms with Gasteiger partial charge < -0.3 is 24.1 Å². The molecular weight excluding hydrogens is 444 g/mol. The van der Waals surface area contributed by atoms with Crippen LogP contribution in [0.5, 0.6) is 5.75 Å². The van der Waals surface area contributed by atoms with Gasteiger partial charge in [0.05, 0.1) is 20.3 Å². The van der Waals surface area contributed by atoms with Gasteiger partial charge in [0.15, 0.2) is 11.1 Å². The van der Waals surface area contributed by atoms with Gasteiger partial charge in [-0.2, -0.15) is 0 Å². The summed E-state index contributed by atoms with van der Waals surface area (Å²) in [5.74, 6) is -0.939. The zero-order valence-electron chi connectivity index (χ0n) is 18.3. The summed E-state index contributed by atoms with van der Waals surface area (Å²) in [6.07, 6.45) is 0. The minimum Gasteiger partial charge on any atom is -0.497 e. The number of benzene rings is 1. The number of nitrogens with zero attached hydrogens (tertiary/aromatic N) is 2. The van der Waals surface area contributed by atoms with Crippen molar-refractivity contribution in [2.24, 2.45) is 0 Å². The summed E-state index contributed by atoms with van der Waals surface area (Å²) in [6, 6.07) is 8.91. The third kappa shape index (κ3) is 3.33. The van der Waals surface area contributed by atoms with Gasteiger partial charge in [-0.1, -0.05) is 6.07 Å². The molecule has 2 N–H and O–H groups in total. The molecule has 0 radical (unpaired) electrons. The molecule has 2 aromatic heterocycles. The van der Waals surface area contributed by atoms with Gasteiger partial charge in [-0.3, -0.25) is 14.9 Å². The number of pyridine rings is 1. The lowest BCUT2D eigenvalue weighted by Gasteiger charge is -2.28. The van der Waals surface area contributed by atoms with E-state index in [0.29, 0.717) is 22.4 Å². The van der Waals surface area contributed by atoms with Gasteiger partial charge in [0.2, 0.25) is 0 Å². The number of urea groups is 1. The van der Waals surface area contributed by atoms with Gasteiger partial charge in [0, 0.05) is 18.2 Å². The van der Waals surface area contributed by atoms with Crippen LogP contribution in [0.3, 0.4) is 0 Å². The first-order valence-corrected chi connectivity index (χ1v) is 10.5. The molecule has 1 saturated heterocycles. The Balaban J connectivity index is 1.52. The molecule has 4 heterocycles. The Labute approximate surface area is 193 Å². The van der Waals surface area contributed by atoms with Crippen LogP contribution in [0.25, 0.3) is 11.1 Å². The van der Waals surface area contributed by atoms with E-state index in [-0.39, 0.29) is 37.1 Å². The van der Waals surface area contributed by atoms with E-state index in [1.54, 1.807) is 25.1 Å². The van der Waals surface area contributed by atoms with Gasteiger partial charge >= 0.3 is 12.0 Å². The monoisotopic (exact) mass is 464 g/mol. The highest BCUT2D eigenvalue weighted by Gasteiger charge is 2.53. The molecule has 2 aliphatic rings. The Morgan fingerprint density at radius 2 is 2.03 bits per heavy atom. The number of rotatable bonds is 6. The fourth-order valence-electron chi connectivity index (χ4n) is 4.19. The molecular formula is C23H20N4O7.